The SMILES string of the molecule is Cc1cc(B2OC(C)(C)C(C)(C)O2)cc(N2CCN(C)CC2)c1. The Morgan fingerprint density at radius 1 is 0.913 bits per heavy atom. The normalized spacial score (nSPS) is 24.3. The number of likely N-dealkylation sites (N-methyl/N-ethyl adjacent to an activating group) is 1. The van der Waals surface area contributed by atoms with Crippen molar-refractivity contribution in [3.8, 4) is 0 Å². The Bertz CT molecular complexity index is 564. The summed E-state index contributed by atoms with van der Waals surface area (Å²) in [5.41, 5.74) is 3.07. The van der Waals surface area contributed by atoms with Gasteiger partial charge in [-0.3, -0.25) is 0 Å². The van der Waals surface area contributed by atoms with Crippen molar-refractivity contribution in [2.75, 3.05) is 38.1 Å². The first-order valence-electron chi connectivity index (χ1n) is 8.59. The molecule has 2 fully saturated rings. The molecule has 2 saturated heterocycles. The summed E-state index contributed by atoms with van der Waals surface area (Å²) >= 11 is 0. The fraction of sp³-hybridized carbons (Fsp3) is 0.667. The molecule has 0 aromatic heterocycles. The highest BCUT2D eigenvalue weighted by Gasteiger charge is 2.51. The molecule has 0 N–H and O–H groups in total. The Hall–Kier alpha value is -1.04. The summed E-state index contributed by atoms with van der Waals surface area (Å²) < 4.78 is 12.4. The van der Waals surface area contributed by atoms with Gasteiger partial charge in [0.05, 0.1) is 11.2 Å². The quantitative estimate of drug-likeness (QED) is 0.780. The van der Waals surface area contributed by atoms with Crippen LogP contribution in [0.1, 0.15) is 33.3 Å². The van der Waals surface area contributed by atoms with Crippen molar-refractivity contribution in [3.05, 3.63) is 23.8 Å². The molecule has 2 aliphatic heterocycles. The van der Waals surface area contributed by atoms with Gasteiger partial charge in [0.2, 0.25) is 0 Å². The highest BCUT2D eigenvalue weighted by atomic mass is 16.7. The van der Waals surface area contributed by atoms with Crippen molar-refractivity contribution in [3.63, 3.8) is 0 Å². The number of benzene rings is 1. The van der Waals surface area contributed by atoms with Crippen molar-refractivity contribution in [2.45, 2.75) is 45.8 Å². The molecule has 5 heteroatoms. The molecule has 0 spiro atoms. The molecule has 2 heterocycles. The fourth-order valence-corrected chi connectivity index (χ4v) is 3.15. The summed E-state index contributed by atoms with van der Waals surface area (Å²) in [5, 5.41) is 0. The van der Waals surface area contributed by atoms with Crippen LogP contribution in [0.25, 0.3) is 0 Å². The summed E-state index contributed by atoms with van der Waals surface area (Å²) in [6.45, 7) is 14.9. The second-order valence-electron chi connectivity index (χ2n) is 7.98. The van der Waals surface area contributed by atoms with Crippen molar-refractivity contribution >= 4 is 18.3 Å². The first-order valence-corrected chi connectivity index (χ1v) is 8.59. The van der Waals surface area contributed by atoms with Gasteiger partial charge in [-0.25, -0.2) is 0 Å². The molecule has 0 radical (unpaired) electrons. The number of rotatable bonds is 2. The second kappa shape index (κ2) is 5.80. The van der Waals surface area contributed by atoms with Gasteiger partial charge in [-0.15, -0.1) is 0 Å². The summed E-state index contributed by atoms with van der Waals surface area (Å²) in [6, 6.07) is 6.68. The van der Waals surface area contributed by atoms with Crippen LogP contribution in [0.5, 0.6) is 0 Å². The van der Waals surface area contributed by atoms with Crippen LogP contribution < -0.4 is 10.4 Å². The monoisotopic (exact) mass is 316 g/mol. The topological polar surface area (TPSA) is 24.9 Å². The Morgan fingerprint density at radius 2 is 1.48 bits per heavy atom. The fourth-order valence-electron chi connectivity index (χ4n) is 3.15. The van der Waals surface area contributed by atoms with E-state index in [1.54, 1.807) is 0 Å². The molecule has 3 rings (SSSR count). The van der Waals surface area contributed by atoms with E-state index in [2.05, 4.69) is 69.7 Å². The molecule has 0 atom stereocenters. The molecule has 0 bridgehead atoms. The van der Waals surface area contributed by atoms with E-state index in [9.17, 15) is 0 Å². The number of aryl methyl sites for hydroxylation is 1. The Labute approximate surface area is 140 Å². The largest absolute Gasteiger partial charge is 0.494 e. The van der Waals surface area contributed by atoms with Gasteiger partial charge >= 0.3 is 7.12 Å². The number of nitrogens with zero attached hydrogens (tertiary/aromatic N) is 2. The molecule has 23 heavy (non-hydrogen) atoms. The third-order valence-corrected chi connectivity index (χ3v) is 5.48. The maximum atomic E-state index is 6.22. The summed E-state index contributed by atoms with van der Waals surface area (Å²) in [6.07, 6.45) is 0. The van der Waals surface area contributed by atoms with Crippen molar-refractivity contribution < 1.29 is 9.31 Å². The molecule has 0 unspecified atom stereocenters. The van der Waals surface area contributed by atoms with E-state index in [-0.39, 0.29) is 18.3 Å². The summed E-state index contributed by atoms with van der Waals surface area (Å²) in [5.74, 6) is 0. The minimum Gasteiger partial charge on any atom is -0.399 e. The summed E-state index contributed by atoms with van der Waals surface area (Å²) in [7, 11) is 1.90. The predicted octanol–water partition coefficient (Wildman–Crippen LogP) is 2.05. The van der Waals surface area contributed by atoms with Crippen LogP contribution in [0, 0.1) is 6.92 Å². The minimum atomic E-state index is -0.296. The number of anilines is 1. The van der Waals surface area contributed by atoms with Crippen LogP contribution in [-0.2, 0) is 9.31 Å². The molecule has 4 nitrogen and oxygen atoms in total. The van der Waals surface area contributed by atoms with E-state index in [1.165, 1.54) is 11.3 Å². The Morgan fingerprint density at radius 3 is 2.04 bits per heavy atom. The van der Waals surface area contributed by atoms with Crippen LogP contribution in [0.15, 0.2) is 18.2 Å². The van der Waals surface area contributed by atoms with E-state index in [4.69, 9.17) is 9.31 Å². The molecule has 1 aromatic rings. The molecular weight excluding hydrogens is 287 g/mol. The average molecular weight is 316 g/mol. The van der Waals surface area contributed by atoms with Gasteiger partial charge in [-0.1, -0.05) is 6.07 Å². The van der Waals surface area contributed by atoms with Crippen LogP contribution in [0.4, 0.5) is 5.69 Å². The van der Waals surface area contributed by atoms with Crippen molar-refractivity contribution in [1.29, 1.82) is 0 Å². The number of hydrogen-bond acceptors (Lipinski definition) is 4. The molecule has 126 valence electrons. The Balaban J connectivity index is 1.84. The highest BCUT2D eigenvalue weighted by Crippen LogP contribution is 2.36. The number of piperazine rings is 1. The predicted molar refractivity (Wildman–Crippen MR) is 96.6 cm³/mol. The van der Waals surface area contributed by atoms with E-state index in [0.717, 1.165) is 31.6 Å². The lowest BCUT2D eigenvalue weighted by Crippen LogP contribution is -2.45. The zero-order valence-electron chi connectivity index (χ0n) is 15.3. The minimum absolute atomic E-state index is 0.286. The van der Waals surface area contributed by atoms with Gasteiger partial charge in [0.1, 0.15) is 0 Å². The third-order valence-electron chi connectivity index (χ3n) is 5.48. The van der Waals surface area contributed by atoms with Gasteiger partial charge in [-0.05, 0) is 64.8 Å². The maximum Gasteiger partial charge on any atom is 0.494 e. The van der Waals surface area contributed by atoms with Gasteiger partial charge in [0, 0.05) is 31.9 Å². The molecule has 1 aromatic carbocycles. The van der Waals surface area contributed by atoms with E-state index < -0.39 is 0 Å². The zero-order valence-corrected chi connectivity index (χ0v) is 15.3. The van der Waals surface area contributed by atoms with Crippen LogP contribution in [-0.4, -0.2) is 56.4 Å². The molecular formula is C18H29BN2O2. The lowest BCUT2D eigenvalue weighted by atomic mass is 9.78. The average Bonchev–Trinajstić information content (AvgIpc) is 2.67. The van der Waals surface area contributed by atoms with Crippen LogP contribution in [0.3, 0.4) is 0 Å². The lowest BCUT2D eigenvalue weighted by Gasteiger charge is -2.34. The van der Waals surface area contributed by atoms with E-state index in [1.807, 2.05) is 0 Å². The molecule has 0 amide bonds. The molecule has 0 saturated carbocycles. The van der Waals surface area contributed by atoms with Crippen molar-refractivity contribution in [2.24, 2.45) is 0 Å². The van der Waals surface area contributed by atoms with E-state index in [0.29, 0.717) is 0 Å². The second-order valence-corrected chi connectivity index (χ2v) is 7.98. The van der Waals surface area contributed by atoms with Gasteiger partial charge in [0.25, 0.3) is 0 Å². The molecule has 0 aliphatic carbocycles. The standard InChI is InChI=1S/C18H29BN2O2/c1-14-11-15(19-22-17(2,3)18(4,5)23-19)13-16(12-14)21-9-7-20(6)8-10-21/h11-13H,7-10H2,1-6H3. The van der Waals surface area contributed by atoms with Crippen molar-refractivity contribution in [1.82, 2.24) is 4.90 Å². The maximum absolute atomic E-state index is 6.22. The smallest absolute Gasteiger partial charge is 0.399 e. The third kappa shape index (κ3) is 3.28. The number of hydrogen-bond donors (Lipinski definition) is 0. The van der Waals surface area contributed by atoms with Gasteiger partial charge in [-0.2, -0.15) is 0 Å². The van der Waals surface area contributed by atoms with Crippen LogP contribution >= 0.6 is 0 Å². The van der Waals surface area contributed by atoms with Gasteiger partial charge in [0.15, 0.2) is 0 Å². The summed E-state index contributed by atoms with van der Waals surface area (Å²) in [4.78, 5) is 4.84. The molecule has 2 aliphatic rings. The first kappa shape index (κ1) is 16.8. The van der Waals surface area contributed by atoms with E-state index >= 15 is 0 Å². The van der Waals surface area contributed by atoms with Crippen LogP contribution in [0.2, 0.25) is 0 Å². The highest BCUT2D eigenvalue weighted by molar-refractivity contribution is 6.62. The zero-order chi connectivity index (χ0) is 16.8. The van der Waals surface area contributed by atoms with Gasteiger partial charge < -0.3 is 19.1 Å². The Kier molecular flexibility index (Phi) is 4.24. The first-order chi connectivity index (χ1) is 10.7. The lowest BCUT2D eigenvalue weighted by molar-refractivity contribution is 0.00578.